The van der Waals surface area contributed by atoms with Crippen LogP contribution in [-0.2, 0) is 4.79 Å². The van der Waals surface area contributed by atoms with Crippen LogP contribution in [0.4, 0.5) is 5.82 Å². The summed E-state index contributed by atoms with van der Waals surface area (Å²) in [4.78, 5) is 17.4. The molecule has 1 aliphatic heterocycles. The van der Waals surface area contributed by atoms with Gasteiger partial charge in [-0.25, -0.2) is 4.98 Å². The molecule has 2 aromatic heterocycles. The van der Waals surface area contributed by atoms with Crippen molar-refractivity contribution in [3.05, 3.63) is 64.8 Å². The van der Waals surface area contributed by atoms with Gasteiger partial charge in [0.1, 0.15) is 11.6 Å². The fourth-order valence-electron chi connectivity index (χ4n) is 4.12. The second kappa shape index (κ2) is 7.25. The van der Waals surface area contributed by atoms with E-state index < -0.39 is 0 Å². The number of nitrogens with one attached hydrogen (secondary N) is 1. The lowest BCUT2D eigenvalue weighted by atomic mass is 9.85. The third-order valence-corrected chi connectivity index (χ3v) is 6.40. The Morgan fingerprint density at radius 2 is 2.07 bits per heavy atom. The Balaban J connectivity index is 1.66. The van der Waals surface area contributed by atoms with E-state index in [0.717, 1.165) is 37.9 Å². The number of nitrogens with zero attached hydrogens (tertiary/aromatic N) is 3. The highest BCUT2D eigenvalue weighted by Crippen LogP contribution is 2.43. The average Bonchev–Trinajstić information content (AvgIpc) is 3.28. The van der Waals surface area contributed by atoms with Crippen LogP contribution in [0.1, 0.15) is 41.6 Å². The standard InChI is InChI=1S/C23H22N4O2S/c1-4-29-18-8-6-5-7-15(18)16-12-20(28)25-22-21(16)14(3)26-27(22)23-24-17-10-9-13(2)11-19(17)30-23/h5-11,16H,4,12H2,1-3H3,(H,25,28)/t16-/m1/s1. The van der Waals surface area contributed by atoms with E-state index >= 15 is 0 Å². The number of para-hydroxylation sites is 1. The summed E-state index contributed by atoms with van der Waals surface area (Å²) < 4.78 is 8.73. The highest BCUT2D eigenvalue weighted by molar-refractivity contribution is 7.20. The van der Waals surface area contributed by atoms with Crippen molar-refractivity contribution in [1.82, 2.24) is 14.8 Å². The normalized spacial score (nSPS) is 15.8. The molecule has 0 unspecified atom stereocenters. The van der Waals surface area contributed by atoms with Crippen LogP contribution in [0.3, 0.4) is 0 Å². The van der Waals surface area contributed by atoms with Crippen LogP contribution in [0.25, 0.3) is 15.3 Å². The van der Waals surface area contributed by atoms with E-state index in [-0.39, 0.29) is 11.8 Å². The van der Waals surface area contributed by atoms with E-state index in [1.54, 1.807) is 16.0 Å². The third kappa shape index (κ3) is 3.06. The summed E-state index contributed by atoms with van der Waals surface area (Å²) >= 11 is 1.57. The first-order valence-electron chi connectivity index (χ1n) is 10.0. The van der Waals surface area contributed by atoms with Crippen LogP contribution in [-0.4, -0.2) is 27.3 Å². The second-order valence-corrected chi connectivity index (χ2v) is 8.51. The number of thiazole rings is 1. The van der Waals surface area contributed by atoms with Crippen LogP contribution in [0.5, 0.6) is 5.75 Å². The maximum atomic E-state index is 12.7. The van der Waals surface area contributed by atoms with Crippen LogP contribution in [0, 0.1) is 13.8 Å². The SMILES string of the molecule is CCOc1ccccc1[C@H]1CC(=O)Nc2c1c(C)nn2-c1nc2ccc(C)cc2s1. The number of fused-ring (bicyclic) bond motifs is 2. The lowest BCUT2D eigenvalue weighted by Crippen LogP contribution is -2.25. The fourth-order valence-corrected chi connectivity index (χ4v) is 5.14. The van der Waals surface area contributed by atoms with Gasteiger partial charge in [0.05, 0.1) is 22.5 Å². The molecule has 1 N–H and O–H groups in total. The van der Waals surface area contributed by atoms with Crippen molar-refractivity contribution < 1.29 is 9.53 Å². The monoisotopic (exact) mass is 418 g/mol. The van der Waals surface area contributed by atoms with Gasteiger partial charge in [0.15, 0.2) is 0 Å². The van der Waals surface area contributed by atoms with E-state index in [4.69, 9.17) is 14.8 Å². The molecule has 3 heterocycles. The van der Waals surface area contributed by atoms with Crippen molar-refractivity contribution in [1.29, 1.82) is 0 Å². The Kier molecular flexibility index (Phi) is 4.55. The lowest BCUT2D eigenvalue weighted by Gasteiger charge is -2.25. The van der Waals surface area contributed by atoms with E-state index in [1.165, 1.54) is 5.56 Å². The van der Waals surface area contributed by atoms with E-state index in [1.807, 2.05) is 44.2 Å². The first kappa shape index (κ1) is 18.8. The molecule has 30 heavy (non-hydrogen) atoms. The van der Waals surface area contributed by atoms with Gasteiger partial charge in [-0.1, -0.05) is 35.6 Å². The zero-order chi connectivity index (χ0) is 20.8. The average molecular weight is 419 g/mol. The van der Waals surface area contributed by atoms with Gasteiger partial charge in [-0.15, -0.1) is 0 Å². The Morgan fingerprint density at radius 1 is 1.23 bits per heavy atom. The maximum Gasteiger partial charge on any atom is 0.226 e. The molecule has 1 atom stereocenters. The minimum absolute atomic E-state index is 0.0306. The van der Waals surface area contributed by atoms with Gasteiger partial charge in [-0.2, -0.15) is 9.78 Å². The Morgan fingerprint density at radius 3 is 2.90 bits per heavy atom. The number of hydrogen-bond donors (Lipinski definition) is 1. The molecule has 4 aromatic rings. The van der Waals surface area contributed by atoms with Crippen LogP contribution >= 0.6 is 11.3 Å². The highest BCUT2D eigenvalue weighted by atomic mass is 32.1. The molecular formula is C23H22N4O2S. The second-order valence-electron chi connectivity index (χ2n) is 7.50. The van der Waals surface area contributed by atoms with Gasteiger partial charge < -0.3 is 10.1 Å². The topological polar surface area (TPSA) is 69.0 Å². The van der Waals surface area contributed by atoms with Crippen LogP contribution < -0.4 is 10.1 Å². The van der Waals surface area contributed by atoms with Gasteiger partial charge in [-0.05, 0) is 44.5 Å². The van der Waals surface area contributed by atoms with E-state index in [9.17, 15) is 4.79 Å². The maximum absolute atomic E-state index is 12.7. The summed E-state index contributed by atoms with van der Waals surface area (Å²) in [5.41, 5.74) is 5.05. The van der Waals surface area contributed by atoms with Gasteiger partial charge in [0, 0.05) is 23.5 Å². The zero-order valence-electron chi connectivity index (χ0n) is 17.1. The molecular weight excluding hydrogens is 396 g/mol. The van der Waals surface area contributed by atoms with Gasteiger partial charge in [0.25, 0.3) is 0 Å². The predicted molar refractivity (Wildman–Crippen MR) is 119 cm³/mol. The summed E-state index contributed by atoms with van der Waals surface area (Å²) in [6.45, 7) is 6.60. The summed E-state index contributed by atoms with van der Waals surface area (Å²) in [7, 11) is 0. The molecule has 0 fully saturated rings. The van der Waals surface area contributed by atoms with E-state index in [2.05, 4.69) is 24.4 Å². The summed E-state index contributed by atoms with van der Waals surface area (Å²) in [5.74, 6) is 1.38. The molecule has 2 aromatic carbocycles. The minimum atomic E-state index is -0.109. The summed E-state index contributed by atoms with van der Waals surface area (Å²) in [6, 6.07) is 14.1. The van der Waals surface area contributed by atoms with E-state index in [0.29, 0.717) is 18.8 Å². The van der Waals surface area contributed by atoms with Crippen molar-refractivity contribution in [3.8, 4) is 10.9 Å². The summed E-state index contributed by atoms with van der Waals surface area (Å²) in [6.07, 6.45) is 0.364. The van der Waals surface area contributed by atoms with Gasteiger partial charge in [0.2, 0.25) is 11.0 Å². The molecule has 7 heteroatoms. The Labute approximate surface area is 178 Å². The molecule has 1 aliphatic rings. The molecule has 0 spiro atoms. The molecule has 6 nitrogen and oxygen atoms in total. The van der Waals surface area contributed by atoms with Crippen molar-refractivity contribution in [2.45, 2.75) is 33.1 Å². The molecule has 0 saturated heterocycles. The molecule has 0 aliphatic carbocycles. The highest BCUT2D eigenvalue weighted by Gasteiger charge is 2.34. The Bertz CT molecular complexity index is 1270. The zero-order valence-corrected chi connectivity index (χ0v) is 17.9. The van der Waals surface area contributed by atoms with Gasteiger partial charge in [-0.3, -0.25) is 4.79 Å². The number of aryl methyl sites for hydroxylation is 2. The number of rotatable bonds is 4. The molecule has 152 valence electrons. The lowest BCUT2D eigenvalue weighted by molar-refractivity contribution is -0.116. The van der Waals surface area contributed by atoms with Gasteiger partial charge >= 0.3 is 0 Å². The van der Waals surface area contributed by atoms with Crippen molar-refractivity contribution >= 4 is 33.3 Å². The van der Waals surface area contributed by atoms with Crippen molar-refractivity contribution in [2.75, 3.05) is 11.9 Å². The van der Waals surface area contributed by atoms with Crippen LogP contribution in [0.15, 0.2) is 42.5 Å². The first-order valence-corrected chi connectivity index (χ1v) is 10.9. The molecule has 5 rings (SSSR count). The number of carbonyl (C=O) groups is 1. The minimum Gasteiger partial charge on any atom is -0.494 e. The van der Waals surface area contributed by atoms with Crippen molar-refractivity contribution in [2.24, 2.45) is 0 Å². The largest absolute Gasteiger partial charge is 0.494 e. The fraction of sp³-hybridized carbons (Fsp3) is 0.261. The Hall–Kier alpha value is -3.19. The predicted octanol–water partition coefficient (Wildman–Crippen LogP) is 4.97. The molecule has 0 saturated carbocycles. The molecule has 0 bridgehead atoms. The molecule has 0 radical (unpaired) electrons. The number of carbonyl (C=O) groups excluding carboxylic acids is 1. The number of benzene rings is 2. The number of aromatic nitrogens is 3. The third-order valence-electron chi connectivity index (χ3n) is 5.41. The quantitative estimate of drug-likeness (QED) is 0.508. The summed E-state index contributed by atoms with van der Waals surface area (Å²) in [5, 5.41) is 8.57. The number of ether oxygens (including phenoxy) is 1. The number of hydrogen-bond acceptors (Lipinski definition) is 5. The van der Waals surface area contributed by atoms with Crippen molar-refractivity contribution in [3.63, 3.8) is 0 Å². The number of amides is 1. The molecule has 1 amide bonds. The van der Waals surface area contributed by atoms with Crippen LogP contribution in [0.2, 0.25) is 0 Å². The number of anilines is 1. The smallest absolute Gasteiger partial charge is 0.226 e. The first-order chi connectivity index (χ1) is 14.5.